The molecule has 1 heterocycles. The molecule has 0 bridgehead atoms. The van der Waals surface area contributed by atoms with Gasteiger partial charge in [0.05, 0.1) is 22.8 Å². The summed E-state index contributed by atoms with van der Waals surface area (Å²) in [5.41, 5.74) is 1.81. The van der Waals surface area contributed by atoms with Gasteiger partial charge in [-0.25, -0.2) is 4.90 Å². The van der Waals surface area contributed by atoms with Crippen LogP contribution < -0.4 is 9.64 Å². The second kappa shape index (κ2) is 8.44. The molecule has 0 unspecified atom stereocenters. The van der Waals surface area contributed by atoms with Crippen LogP contribution in [0.25, 0.3) is 5.57 Å². The maximum absolute atomic E-state index is 13.1. The predicted molar refractivity (Wildman–Crippen MR) is 111 cm³/mol. The molecule has 27 heavy (non-hydrogen) atoms. The first-order valence-electron chi connectivity index (χ1n) is 9.07. The van der Waals surface area contributed by atoms with Crippen LogP contribution in [-0.2, 0) is 9.59 Å². The summed E-state index contributed by atoms with van der Waals surface area (Å²) in [5, 5.41) is 0. The van der Waals surface area contributed by atoms with E-state index >= 15 is 0 Å². The Balaban J connectivity index is 1.90. The van der Waals surface area contributed by atoms with Gasteiger partial charge < -0.3 is 4.74 Å². The number of hydrogen-bond acceptors (Lipinski definition) is 4. The van der Waals surface area contributed by atoms with Crippen molar-refractivity contribution in [2.45, 2.75) is 20.8 Å². The maximum Gasteiger partial charge on any atom is 0.272 e. The van der Waals surface area contributed by atoms with Gasteiger partial charge in [0.15, 0.2) is 0 Å². The first-order valence-corrected chi connectivity index (χ1v) is 10.1. The predicted octanol–water partition coefficient (Wildman–Crippen LogP) is 4.76. The zero-order valence-corrected chi connectivity index (χ0v) is 16.6. The standard InChI is InChI=1S/C22H23NO3S/c1-4-27-20-19(16-8-6-5-7-9-16)21(24)23(22(20)25)17-10-12-18(13-11-17)26-14-15(2)3/h5-13,15H,4,14H2,1-3H3. The third-order valence-corrected chi connectivity index (χ3v) is 5.03. The van der Waals surface area contributed by atoms with Gasteiger partial charge in [-0.15, -0.1) is 11.8 Å². The van der Waals surface area contributed by atoms with E-state index in [0.29, 0.717) is 28.7 Å². The highest BCUT2D eigenvalue weighted by Crippen LogP contribution is 2.38. The Morgan fingerprint density at radius 1 is 0.963 bits per heavy atom. The van der Waals surface area contributed by atoms with Crippen molar-refractivity contribution in [2.75, 3.05) is 17.3 Å². The number of rotatable bonds is 7. The van der Waals surface area contributed by atoms with Gasteiger partial charge in [-0.05, 0) is 41.5 Å². The van der Waals surface area contributed by atoms with Crippen molar-refractivity contribution in [1.29, 1.82) is 0 Å². The third kappa shape index (κ3) is 4.08. The zero-order chi connectivity index (χ0) is 19.4. The number of amides is 2. The van der Waals surface area contributed by atoms with Crippen molar-refractivity contribution >= 4 is 34.8 Å². The van der Waals surface area contributed by atoms with Gasteiger partial charge in [-0.2, -0.15) is 0 Å². The molecule has 4 nitrogen and oxygen atoms in total. The molecule has 0 fully saturated rings. The molecule has 3 rings (SSSR count). The van der Waals surface area contributed by atoms with Gasteiger partial charge in [-0.1, -0.05) is 51.1 Å². The molecule has 0 aromatic heterocycles. The van der Waals surface area contributed by atoms with Crippen molar-refractivity contribution < 1.29 is 14.3 Å². The molecule has 0 aliphatic carbocycles. The van der Waals surface area contributed by atoms with Crippen LogP contribution in [0.1, 0.15) is 26.3 Å². The molecule has 0 saturated heterocycles. The number of hydrogen-bond donors (Lipinski definition) is 0. The highest BCUT2D eigenvalue weighted by Gasteiger charge is 2.39. The quantitative estimate of drug-likeness (QED) is 0.649. The molecule has 2 amide bonds. The molecule has 0 spiro atoms. The molecule has 0 saturated carbocycles. The monoisotopic (exact) mass is 381 g/mol. The number of anilines is 1. The third-order valence-electron chi connectivity index (χ3n) is 4.07. The lowest BCUT2D eigenvalue weighted by Gasteiger charge is -2.16. The first-order chi connectivity index (χ1) is 13.0. The van der Waals surface area contributed by atoms with Crippen LogP contribution in [0.2, 0.25) is 0 Å². The first kappa shape index (κ1) is 19.2. The van der Waals surface area contributed by atoms with E-state index in [9.17, 15) is 9.59 Å². The summed E-state index contributed by atoms with van der Waals surface area (Å²) < 4.78 is 5.69. The number of thioether (sulfide) groups is 1. The molecular weight excluding hydrogens is 358 g/mol. The van der Waals surface area contributed by atoms with E-state index in [-0.39, 0.29) is 11.8 Å². The topological polar surface area (TPSA) is 46.6 Å². The number of ether oxygens (including phenoxy) is 1. The summed E-state index contributed by atoms with van der Waals surface area (Å²) in [7, 11) is 0. The fourth-order valence-corrected chi connectivity index (χ4v) is 3.69. The molecule has 140 valence electrons. The van der Waals surface area contributed by atoms with Crippen molar-refractivity contribution in [3.8, 4) is 5.75 Å². The van der Waals surface area contributed by atoms with Crippen molar-refractivity contribution in [1.82, 2.24) is 0 Å². The Labute approximate surface area is 164 Å². The van der Waals surface area contributed by atoms with E-state index in [1.54, 1.807) is 24.3 Å². The number of carbonyl (C=O) groups is 2. The lowest BCUT2D eigenvalue weighted by molar-refractivity contribution is -0.119. The smallest absolute Gasteiger partial charge is 0.272 e. The van der Waals surface area contributed by atoms with Crippen LogP contribution >= 0.6 is 11.8 Å². The van der Waals surface area contributed by atoms with Crippen LogP contribution in [0.3, 0.4) is 0 Å². The van der Waals surface area contributed by atoms with Crippen LogP contribution in [0.15, 0.2) is 59.5 Å². The molecule has 1 aliphatic rings. The van der Waals surface area contributed by atoms with Gasteiger partial charge in [0.25, 0.3) is 11.8 Å². The van der Waals surface area contributed by atoms with E-state index in [4.69, 9.17) is 4.74 Å². The van der Waals surface area contributed by atoms with Gasteiger partial charge in [-0.3, -0.25) is 9.59 Å². The van der Waals surface area contributed by atoms with E-state index in [2.05, 4.69) is 13.8 Å². The summed E-state index contributed by atoms with van der Waals surface area (Å²) in [6, 6.07) is 16.5. The largest absolute Gasteiger partial charge is 0.493 e. The molecular formula is C22H23NO3S. The molecule has 0 radical (unpaired) electrons. The Hall–Kier alpha value is -2.53. The molecule has 0 N–H and O–H groups in total. The van der Waals surface area contributed by atoms with Crippen molar-refractivity contribution in [3.63, 3.8) is 0 Å². The molecule has 5 heteroatoms. The second-order valence-electron chi connectivity index (χ2n) is 6.65. The number of benzene rings is 2. The van der Waals surface area contributed by atoms with Crippen LogP contribution in [-0.4, -0.2) is 24.2 Å². The maximum atomic E-state index is 13.1. The fraction of sp³-hybridized carbons (Fsp3) is 0.273. The minimum Gasteiger partial charge on any atom is -0.493 e. The Morgan fingerprint density at radius 3 is 2.22 bits per heavy atom. The van der Waals surface area contributed by atoms with Gasteiger partial charge in [0.1, 0.15) is 5.75 Å². The van der Waals surface area contributed by atoms with Gasteiger partial charge in [0.2, 0.25) is 0 Å². The van der Waals surface area contributed by atoms with E-state index in [0.717, 1.165) is 17.1 Å². The minimum atomic E-state index is -0.280. The fourth-order valence-electron chi connectivity index (χ4n) is 2.84. The highest BCUT2D eigenvalue weighted by atomic mass is 32.2. The van der Waals surface area contributed by atoms with E-state index in [1.165, 1.54) is 16.7 Å². The lowest BCUT2D eigenvalue weighted by Crippen LogP contribution is -2.31. The molecule has 2 aromatic carbocycles. The van der Waals surface area contributed by atoms with Crippen molar-refractivity contribution in [2.24, 2.45) is 5.92 Å². The van der Waals surface area contributed by atoms with Crippen molar-refractivity contribution in [3.05, 3.63) is 65.1 Å². The average Bonchev–Trinajstić information content (AvgIpc) is 2.91. The normalized spacial score (nSPS) is 14.4. The molecule has 1 aliphatic heterocycles. The van der Waals surface area contributed by atoms with Crippen LogP contribution in [0.5, 0.6) is 5.75 Å². The average molecular weight is 381 g/mol. The summed E-state index contributed by atoms with van der Waals surface area (Å²) in [5.74, 6) is 1.34. The Kier molecular flexibility index (Phi) is 6.01. The summed E-state index contributed by atoms with van der Waals surface area (Å²) >= 11 is 1.41. The summed E-state index contributed by atoms with van der Waals surface area (Å²) in [4.78, 5) is 27.9. The number of nitrogens with zero attached hydrogens (tertiary/aromatic N) is 1. The number of carbonyl (C=O) groups excluding carboxylic acids is 2. The van der Waals surface area contributed by atoms with E-state index < -0.39 is 0 Å². The van der Waals surface area contributed by atoms with E-state index in [1.807, 2.05) is 37.3 Å². The second-order valence-corrected chi connectivity index (χ2v) is 7.92. The Bertz CT molecular complexity index is 857. The van der Waals surface area contributed by atoms with Crippen LogP contribution in [0.4, 0.5) is 5.69 Å². The summed E-state index contributed by atoms with van der Waals surface area (Å²) in [6.07, 6.45) is 0. The van der Waals surface area contributed by atoms with Gasteiger partial charge >= 0.3 is 0 Å². The minimum absolute atomic E-state index is 0.262. The van der Waals surface area contributed by atoms with Gasteiger partial charge in [0, 0.05) is 0 Å². The molecule has 0 atom stereocenters. The summed E-state index contributed by atoms with van der Waals surface area (Å²) in [6.45, 7) is 6.76. The van der Waals surface area contributed by atoms with Crippen LogP contribution in [0, 0.1) is 5.92 Å². The molecule has 2 aromatic rings. The highest BCUT2D eigenvalue weighted by molar-refractivity contribution is 8.04. The lowest BCUT2D eigenvalue weighted by atomic mass is 10.1. The number of imide groups is 1. The Morgan fingerprint density at radius 2 is 1.63 bits per heavy atom. The zero-order valence-electron chi connectivity index (χ0n) is 15.8. The SMILES string of the molecule is CCSC1=C(c2ccccc2)C(=O)N(c2ccc(OCC(C)C)cc2)C1=O.